The molecule has 0 aliphatic rings. The summed E-state index contributed by atoms with van der Waals surface area (Å²) in [6, 6.07) is 5.69. The van der Waals surface area contributed by atoms with E-state index >= 15 is 0 Å². The van der Waals surface area contributed by atoms with Gasteiger partial charge in [-0.15, -0.1) is 0 Å². The zero-order valence-corrected chi connectivity index (χ0v) is 11.1. The van der Waals surface area contributed by atoms with Crippen LogP contribution in [0.3, 0.4) is 0 Å². The Hall–Kier alpha value is -2.37. The number of carbonyl (C=O) groups excluding carboxylic acids is 1. The molecule has 100 valence electrons. The van der Waals surface area contributed by atoms with Gasteiger partial charge in [0.2, 0.25) is 0 Å². The van der Waals surface area contributed by atoms with Gasteiger partial charge < -0.3 is 10.6 Å². The molecule has 0 saturated carbocycles. The van der Waals surface area contributed by atoms with Crippen LogP contribution in [0.1, 0.15) is 5.69 Å². The van der Waals surface area contributed by atoms with Crippen molar-refractivity contribution in [3.8, 4) is 11.3 Å². The summed E-state index contributed by atoms with van der Waals surface area (Å²) in [6.07, 6.45) is 3.52. The number of aromatic nitrogens is 3. The summed E-state index contributed by atoms with van der Waals surface area (Å²) < 4.78 is 1.87. The molecular weight excluding hydrogens is 242 g/mol. The molecule has 2 amide bonds. The molecule has 0 bridgehead atoms. The SMILES string of the molecule is CNC(=O)NCCn1nc(-c2cccnc2)cc1C. The van der Waals surface area contributed by atoms with E-state index in [1.807, 2.05) is 29.8 Å². The summed E-state index contributed by atoms with van der Waals surface area (Å²) in [5, 5.41) is 9.75. The van der Waals surface area contributed by atoms with Gasteiger partial charge in [0.15, 0.2) is 0 Å². The van der Waals surface area contributed by atoms with E-state index in [-0.39, 0.29) is 6.03 Å². The zero-order valence-electron chi connectivity index (χ0n) is 11.1. The van der Waals surface area contributed by atoms with Crippen LogP contribution in [0.25, 0.3) is 11.3 Å². The first-order valence-corrected chi connectivity index (χ1v) is 6.11. The zero-order chi connectivity index (χ0) is 13.7. The highest BCUT2D eigenvalue weighted by atomic mass is 16.2. The smallest absolute Gasteiger partial charge is 0.314 e. The van der Waals surface area contributed by atoms with Gasteiger partial charge in [-0.1, -0.05) is 0 Å². The van der Waals surface area contributed by atoms with Crippen molar-refractivity contribution >= 4 is 6.03 Å². The minimum absolute atomic E-state index is 0.183. The number of urea groups is 1. The van der Waals surface area contributed by atoms with Crippen molar-refractivity contribution in [3.05, 3.63) is 36.3 Å². The predicted molar refractivity (Wildman–Crippen MR) is 72.7 cm³/mol. The molecule has 0 fully saturated rings. The minimum Gasteiger partial charge on any atom is -0.341 e. The molecular formula is C13H17N5O. The van der Waals surface area contributed by atoms with Crippen LogP contribution in [-0.4, -0.2) is 34.4 Å². The maximum absolute atomic E-state index is 11.1. The van der Waals surface area contributed by atoms with E-state index in [1.165, 1.54) is 0 Å². The molecule has 0 aliphatic heterocycles. The van der Waals surface area contributed by atoms with Gasteiger partial charge in [-0.2, -0.15) is 5.10 Å². The van der Waals surface area contributed by atoms with Crippen LogP contribution in [-0.2, 0) is 6.54 Å². The van der Waals surface area contributed by atoms with Crippen molar-refractivity contribution in [2.24, 2.45) is 0 Å². The molecule has 2 aromatic heterocycles. The molecule has 0 radical (unpaired) electrons. The van der Waals surface area contributed by atoms with Gasteiger partial charge in [0, 0.05) is 37.2 Å². The van der Waals surface area contributed by atoms with Crippen LogP contribution in [0, 0.1) is 6.92 Å². The maximum Gasteiger partial charge on any atom is 0.314 e. The summed E-state index contributed by atoms with van der Waals surface area (Å²) in [5.74, 6) is 0. The number of aryl methyl sites for hydroxylation is 1. The van der Waals surface area contributed by atoms with E-state index in [2.05, 4.69) is 20.7 Å². The Labute approximate surface area is 111 Å². The van der Waals surface area contributed by atoms with Crippen molar-refractivity contribution in [1.82, 2.24) is 25.4 Å². The molecule has 19 heavy (non-hydrogen) atoms. The van der Waals surface area contributed by atoms with Crippen LogP contribution in [0.2, 0.25) is 0 Å². The van der Waals surface area contributed by atoms with Gasteiger partial charge in [-0.05, 0) is 25.1 Å². The molecule has 2 aromatic rings. The monoisotopic (exact) mass is 259 g/mol. The number of nitrogens with one attached hydrogen (secondary N) is 2. The lowest BCUT2D eigenvalue weighted by molar-refractivity contribution is 0.242. The Morgan fingerprint density at radius 3 is 3.00 bits per heavy atom. The van der Waals surface area contributed by atoms with E-state index in [4.69, 9.17) is 0 Å². The molecule has 0 aliphatic carbocycles. The van der Waals surface area contributed by atoms with Crippen LogP contribution < -0.4 is 10.6 Å². The summed E-state index contributed by atoms with van der Waals surface area (Å²) in [5.41, 5.74) is 2.94. The van der Waals surface area contributed by atoms with Crippen LogP contribution in [0.5, 0.6) is 0 Å². The van der Waals surface area contributed by atoms with Gasteiger partial charge in [0.1, 0.15) is 0 Å². The fourth-order valence-corrected chi connectivity index (χ4v) is 1.76. The highest BCUT2D eigenvalue weighted by Crippen LogP contribution is 2.17. The maximum atomic E-state index is 11.1. The summed E-state index contributed by atoms with van der Waals surface area (Å²) in [4.78, 5) is 15.1. The Morgan fingerprint density at radius 1 is 1.47 bits per heavy atom. The summed E-state index contributed by atoms with van der Waals surface area (Å²) in [7, 11) is 1.59. The van der Waals surface area contributed by atoms with Crippen molar-refractivity contribution in [1.29, 1.82) is 0 Å². The fourth-order valence-electron chi connectivity index (χ4n) is 1.76. The number of hydrogen-bond acceptors (Lipinski definition) is 3. The average molecular weight is 259 g/mol. The molecule has 6 heteroatoms. The molecule has 0 aromatic carbocycles. The predicted octanol–water partition coefficient (Wildman–Crippen LogP) is 1.18. The quantitative estimate of drug-likeness (QED) is 0.866. The molecule has 0 atom stereocenters. The number of carbonyl (C=O) groups is 1. The third-order valence-electron chi connectivity index (χ3n) is 2.77. The normalized spacial score (nSPS) is 10.2. The number of hydrogen-bond donors (Lipinski definition) is 2. The molecule has 2 N–H and O–H groups in total. The standard InChI is InChI=1S/C13H17N5O/c1-10-8-12(11-4-3-5-15-9-11)17-18(10)7-6-16-13(19)14-2/h3-5,8-9H,6-7H2,1-2H3,(H2,14,16,19). The molecule has 2 rings (SSSR count). The third-order valence-corrected chi connectivity index (χ3v) is 2.77. The largest absolute Gasteiger partial charge is 0.341 e. The third kappa shape index (κ3) is 3.31. The Kier molecular flexibility index (Phi) is 4.12. The summed E-state index contributed by atoms with van der Waals surface area (Å²) in [6.45, 7) is 3.17. The molecule has 0 saturated heterocycles. The molecule has 0 spiro atoms. The van der Waals surface area contributed by atoms with E-state index in [0.29, 0.717) is 13.1 Å². The van der Waals surface area contributed by atoms with Gasteiger partial charge in [-0.3, -0.25) is 9.67 Å². The number of nitrogens with zero attached hydrogens (tertiary/aromatic N) is 3. The first-order chi connectivity index (χ1) is 9.20. The van der Waals surface area contributed by atoms with E-state index in [9.17, 15) is 4.79 Å². The highest BCUT2D eigenvalue weighted by molar-refractivity contribution is 5.73. The first kappa shape index (κ1) is 13.1. The van der Waals surface area contributed by atoms with E-state index in [1.54, 1.807) is 19.4 Å². The second-order valence-electron chi connectivity index (χ2n) is 4.14. The molecule has 6 nitrogen and oxygen atoms in total. The Balaban J connectivity index is 2.03. The van der Waals surface area contributed by atoms with Crippen molar-refractivity contribution < 1.29 is 4.79 Å². The second kappa shape index (κ2) is 5.99. The van der Waals surface area contributed by atoms with Crippen LogP contribution >= 0.6 is 0 Å². The number of rotatable bonds is 4. The Morgan fingerprint density at radius 2 is 2.32 bits per heavy atom. The summed E-state index contributed by atoms with van der Waals surface area (Å²) >= 11 is 0. The van der Waals surface area contributed by atoms with Gasteiger partial charge >= 0.3 is 6.03 Å². The second-order valence-corrected chi connectivity index (χ2v) is 4.14. The van der Waals surface area contributed by atoms with Crippen molar-refractivity contribution in [2.75, 3.05) is 13.6 Å². The lowest BCUT2D eigenvalue weighted by atomic mass is 10.2. The lowest BCUT2D eigenvalue weighted by Gasteiger charge is -2.06. The first-order valence-electron chi connectivity index (χ1n) is 6.11. The van der Waals surface area contributed by atoms with Crippen molar-refractivity contribution in [3.63, 3.8) is 0 Å². The fraction of sp³-hybridized carbons (Fsp3) is 0.308. The number of pyridine rings is 1. The van der Waals surface area contributed by atoms with Crippen LogP contribution in [0.4, 0.5) is 4.79 Å². The molecule has 0 unspecified atom stereocenters. The Bertz CT molecular complexity index is 549. The van der Waals surface area contributed by atoms with Crippen LogP contribution in [0.15, 0.2) is 30.6 Å². The topological polar surface area (TPSA) is 71.8 Å². The van der Waals surface area contributed by atoms with Gasteiger partial charge in [-0.25, -0.2) is 4.79 Å². The van der Waals surface area contributed by atoms with Gasteiger partial charge in [0.05, 0.1) is 12.2 Å². The minimum atomic E-state index is -0.183. The lowest BCUT2D eigenvalue weighted by Crippen LogP contribution is -2.35. The number of amides is 2. The van der Waals surface area contributed by atoms with Crippen molar-refractivity contribution in [2.45, 2.75) is 13.5 Å². The highest BCUT2D eigenvalue weighted by Gasteiger charge is 2.06. The average Bonchev–Trinajstić information content (AvgIpc) is 2.81. The van der Waals surface area contributed by atoms with E-state index in [0.717, 1.165) is 17.0 Å². The molecule has 2 heterocycles. The van der Waals surface area contributed by atoms with E-state index < -0.39 is 0 Å². The van der Waals surface area contributed by atoms with Gasteiger partial charge in [0.25, 0.3) is 0 Å².